The van der Waals surface area contributed by atoms with Crippen LogP contribution in [0.2, 0.25) is 5.02 Å². The van der Waals surface area contributed by atoms with Gasteiger partial charge in [0.2, 0.25) is 0 Å². The van der Waals surface area contributed by atoms with Gasteiger partial charge in [0.15, 0.2) is 6.10 Å². The van der Waals surface area contributed by atoms with Crippen LogP contribution in [0.3, 0.4) is 0 Å². The summed E-state index contributed by atoms with van der Waals surface area (Å²) in [6.07, 6.45) is -7.60. The summed E-state index contributed by atoms with van der Waals surface area (Å²) >= 11 is 6.20. The highest BCUT2D eigenvalue weighted by Crippen LogP contribution is 2.27. The highest BCUT2D eigenvalue weighted by molar-refractivity contribution is 6.30. The first kappa shape index (κ1) is 22.0. The number of rotatable bonds is 4. The third-order valence-corrected chi connectivity index (χ3v) is 5.39. The van der Waals surface area contributed by atoms with Crippen molar-refractivity contribution >= 4 is 23.4 Å². The molecule has 0 N–H and O–H groups in total. The van der Waals surface area contributed by atoms with Crippen molar-refractivity contribution in [2.45, 2.75) is 25.7 Å². The molecule has 1 unspecified atom stereocenters. The van der Waals surface area contributed by atoms with Crippen LogP contribution in [-0.4, -0.2) is 80.7 Å². The van der Waals surface area contributed by atoms with Crippen molar-refractivity contribution in [1.29, 1.82) is 0 Å². The first-order chi connectivity index (χ1) is 13.7. The predicted molar refractivity (Wildman–Crippen MR) is 103 cm³/mol. The largest absolute Gasteiger partial charge is 0.437 e. The molecule has 1 atom stereocenters. The Morgan fingerprint density at radius 2 is 1.83 bits per heavy atom. The molecule has 1 aromatic rings. The predicted octanol–water partition coefficient (Wildman–Crippen LogP) is 3.38. The quantitative estimate of drug-likeness (QED) is 0.725. The first-order valence-corrected chi connectivity index (χ1v) is 9.97. The maximum atomic E-state index is 12.6. The van der Waals surface area contributed by atoms with E-state index < -0.39 is 18.4 Å². The van der Waals surface area contributed by atoms with Gasteiger partial charge in [0.25, 0.3) is 0 Å². The highest BCUT2D eigenvalue weighted by atomic mass is 35.5. The Kier molecular flexibility index (Phi) is 7.13. The number of alkyl halides is 3. The molecule has 3 rings (SSSR count). The number of carbonyl (C=O) groups is 1. The maximum Gasteiger partial charge on any atom is 0.425 e. The molecule has 1 amide bonds. The van der Waals surface area contributed by atoms with Gasteiger partial charge in [-0.1, -0.05) is 11.6 Å². The molecule has 2 saturated heterocycles. The number of ether oxygens (including phenoxy) is 2. The standard InChI is InChI=1S/C19H25ClF3N3O3/c1-14(19(21,22)23)29-18(27)26-6-4-24(5-7-26)13-15-12-16(20)2-3-17(15)25-8-10-28-11-9-25/h2-3,12,14H,4-11,13H2,1H3. The lowest BCUT2D eigenvalue weighted by Gasteiger charge is -2.36. The fraction of sp³-hybridized carbons (Fsp3) is 0.632. The molecule has 0 bridgehead atoms. The molecule has 29 heavy (non-hydrogen) atoms. The maximum absolute atomic E-state index is 12.6. The van der Waals surface area contributed by atoms with E-state index in [9.17, 15) is 18.0 Å². The van der Waals surface area contributed by atoms with Gasteiger partial charge in [0.05, 0.1) is 13.2 Å². The van der Waals surface area contributed by atoms with Crippen LogP contribution < -0.4 is 4.90 Å². The van der Waals surface area contributed by atoms with Crippen molar-refractivity contribution < 1.29 is 27.4 Å². The molecular formula is C19H25ClF3N3O3. The molecule has 1 aromatic carbocycles. The third kappa shape index (κ3) is 5.90. The van der Waals surface area contributed by atoms with E-state index in [2.05, 4.69) is 14.5 Å². The van der Waals surface area contributed by atoms with Crippen LogP contribution >= 0.6 is 11.6 Å². The summed E-state index contributed by atoms with van der Waals surface area (Å²) < 4.78 is 47.7. The Morgan fingerprint density at radius 1 is 1.17 bits per heavy atom. The number of benzene rings is 1. The number of anilines is 1. The number of nitrogens with zero attached hydrogens (tertiary/aromatic N) is 3. The summed E-state index contributed by atoms with van der Waals surface area (Å²) in [5.74, 6) is 0. The summed E-state index contributed by atoms with van der Waals surface area (Å²) in [5.41, 5.74) is 2.19. The molecular weight excluding hydrogens is 411 g/mol. The Morgan fingerprint density at radius 3 is 2.45 bits per heavy atom. The smallest absolute Gasteiger partial charge is 0.425 e. The van der Waals surface area contributed by atoms with Crippen molar-refractivity contribution in [2.24, 2.45) is 0 Å². The van der Waals surface area contributed by atoms with Gasteiger partial charge in [0.1, 0.15) is 0 Å². The lowest BCUT2D eigenvalue weighted by atomic mass is 10.1. The van der Waals surface area contributed by atoms with Crippen LogP contribution in [0.15, 0.2) is 18.2 Å². The second-order valence-corrected chi connectivity index (χ2v) is 7.64. The number of halogens is 4. The van der Waals surface area contributed by atoms with Crippen molar-refractivity contribution in [1.82, 2.24) is 9.80 Å². The summed E-state index contributed by atoms with van der Waals surface area (Å²) in [7, 11) is 0. The van der Waals surface area contributed by atoms with E-state index >= 15 is 0 Å². The number of hydrogen-bond acceptors (Lipinski definition) is 5. The van der Waals surface area contributed by atoms with Crippen LogP contribution in [0.1, 0.15) is 12.5 Å². The van der Waals surface area contributed by atoms with Crippen molar-refractivity contribution in [3.63, 3.8) is 0 Å². The molecule has 0 aliphatic carbocycles. The van der Waals surface area contributed by atoms with E-state index in [1.165, 1.54) is 4.90 Å². The number of hydrogen-bond donors (Lipinski definition) is 0. The van der Waals surface area contributed by atoms with E-state index in [0.717, 1.165) is 31.3 Å². The molecule has 0 spiro atoms. The monoisotopic (exact) mass is 435 g/mol. The molecule has 6 nitrogen and oxygen atoms in total. The second kappa shape index (κ2) is 9.40. The molecule has 0 radical (unpaired) electrons. The van der Waals surface area contributed by atoms with Crippen molar-refractivity contribution in [2.75, 3.05) is 57.4 Å². The lowest BCUT2D eigenvalue weighted by molar-refractivity contribution is -0.200. The Labute approximate surface area is 173 Å². The van der Waals surface area contributed by atoms with Crippen molar-refractivity contribution in [3.05, 3.63) is 28.8 Å². The lowest BCUT2D eigenvalue weighted by Crippen LogP contribution is -2.49. The van der Waals surface area contributed by atoms with E-state index in [4.69, 9.17) is 16.3 Å². The zero-order valence-corrected chi connectivity index (χ0v) is 17.0. The Balaban J connectivity index is 1.57. The van der Waals surface area contributed by atoms with Crippen LogP contribution in [-0.2, 0) is 16.0 Å². The van der Waals surface area contributed by atoms with Gasteiger partial charge in [0, 0.05) is 56.5 Å². The van der Waals surface area contributed by atoms with E-state index in [0.29, 0.717) is 51.0 Å². The summed E-state index contributed by atoms with van der Waals surface area (Å²) in [5, 5.41) is 0.653. The molecule has 2 aliphatic heterocycles. The van der Waals surface area contributed by atoms with Gasteiger partial charge in [-0.3, -0.25) is 4.90 Å². The SMILES string of the molecule is CC(OC(=O)N1CCN(Cc2cc(Cl)ccc2N2CCOCC2)CC1)C(F)(F)F. The molecule has 2 fully saturated rings. The molecule has 10 heteroatoms. The number of carbonyl (C=O) groups excluding carboxylic acids is 1. The fourth-order valence-corrected chi connectivity index (χ4v) is 3.61. The number of amides is 1. The van der Waals surface area contributed by atoms with Gasteiger partial charge in [-0.05, 0) is 30.7 Å². The minimum absolute atomic E-state index is 0.316. The molecule has 162 valence electrons. The topological polar surface area (TPSA) is 45.2 Å². The fourth-order valence-electron chi connectivity index (χ4n) is 3.42. The van der Waals surface area contributed by atoms with Crippen LogP contribution in [0.5, 0.6) is 0 Å². The summed E-state index contributed by atoms with van der Waals surface area (Å²) in [6.45, 7) is 6.19. The molecule has 2 aliphatic rings. The van der Waals surface area contributed by atoms with Gasteiger partial charge >= 0.3 is 12.3 Å². The molecule has 0 saturated carbocycles. The van der Waals surface area contributed by atoms with Crippen LogP contribution in [0.25, 0.3) is 0 Å². The van der Waals surface area contributed by atoms with Gasteiger partial charge in [-0.25, -0.2) is 4.79 Å². The van der Waals surface area contributed by atoms with Crippen LogP contribution in [0.4, 0.5) is 23.7 Å². The normalized spacial score (nSPS) is 19.9. The molecule has 0 aromatic heterocycles. The zero-order chi connectivity index (χ0) is 21.0. The van der Waals surface area contributed by atoms with Gasteiger partial charge < -0.3 is 19.3 Å². The van der Waals surface area contributed by atoms with E-state index in [-0.39, 0.29) is 0 Å². The minimum atomic E-state index is -4.56. The Hall–Kier alpha value is -1.71. The summed E-state index contributed by atoms with van der Waals surface area (Å²) in [4.78, 5) is 17.7. The highest BCUT2D eigenvalue weighted by Gasteiger charge is 2.40. The number of morpholine rings is 1. The Bertz CT molecular complexity index is 706. The average Bonchev–Trinajstić information content (AvgIpc) is 2.68. The zero-order valence-electron chi connectivity index (χ0n) is 16.3. The molecule has 2 heterocycles. The van der Waals surface area contributed by atoms with Gasteiger partial charge in [-0.15, -0.1) is 0 Å². The third-order valence-electron chi connectivity index (χ3n) is 5.16. The summed E-state index contributed by atoms with van der Waals surface area (Å²) in [6, 6.07) is 5.82. The van der Waals surface area contributed by atoms with Gasteiger partial charge in [-0.2, -0.15) is 13.2 Å². The minimum Gasteiger partial charge on any atom is -0.437 e. The van der Waals surface area contributed by atoms with E-state index in [1.807, 2.05) is 18.2 Å². The second-order valence-electron chi connectivity index (χ2n) is 7.20. The number of piperazine rings is 1. The van der Waals surface area contributed by atoms with E-state index in [1.54, 1.807) is 0 Å². The van der Waals surface area contributed by atoms with Crippen molar-refractivity contribution in [3.8, 4) is 0 Å². The first-order valence-electron chi connectivity index (χ1n) is 9.60. The average molecular weight is 436 g/mol. The van der Waals surface area contributed by atoms with Crippen LogP contribution in [0, 0.1) is 0 Å².